The van der Waals surface area contributed by atoms with Gasteiger partial charge < -0.3 is 10.1 Å². The lowest BCUT2D eigenvalue weighted by Gasteiger charge is -2.15. The molecular formula is C14H13F3N2O3. The van der Waals surface area contributed by atoms with Gasteiger partial charge >= 0.3 is 12.1 Å². The summed E-state index contributed by atoms with van der Waals surface area (Å²) in [6, 6.07) is 4.54. The average molecular weight is 314 g/mol. The van der Waals surface area contributed by atoms with Gasteiger partial charge in [0.05, 0.1) is 18.7 Å². The van der Waals surface area contributed by atoms with Crippen LogP contribution in [0.2, 0.25) is 0 Å². The third-order valence-corrected chi connectivity index (χ3v) is 2.79. The van der Waals surface area contributed by atoms with Crippen molar-refractivity contribution in [2.45, 2.75) is 25.1 Å². The Balaban J connectivity index is 2.90. The highest BCUT2D eigenvalue weighted by atomic mass is 19.4. The first kappa shape index (κ1) is 17.5. The van der Waals surface area contributed by atoms with Crippen LogP contribution in [0.25, 0.3) is 0 Å². The molecular weight excluding hydrogens is 301 g/mol. The van der Waals surface area contributed by atoms with E-state index in [0.29, 0.717) is 6.07 Å². The van der Waals surface area contributed by atoms with Gasteiger partial charge in [0.15, 0.2) is 0 Å². The van der Waals surface area contributed by atoms with E-state index >= 15 is 0 Å². The minimum Gasteiger partial charge on any atom is -0.467 e. The number of nitrogens with zero attached hydrogens (tertiary/aromatic N) is 1. The van der Waals surface area contributed by atoms with E-state index in [4.69, 9.17) is 5.26 Å². The number of alkyl halides is 3. The Kier molecular flexibility index (Phi) is 5.92. The number of halogens is 3. The fourth-order valence-electron chi connectivity index (χ4n) is 1.68. The van der Waals surface area contributed by atoms with Gasteiger partial charge in [-0.15, -0.1) is 0 Å². The Morgan fingerprint density at radius 1 is 1.41 bits per heavy atom. The number of hydrogen-bond acceptors (Lipinski definition) is 4. The number of esters is 1. The van der Waals surface area contributed by atoms with Crippen LogP contribution in [0, 0.1) is 11.3 Å². The number of carbonyl (C=O) groups excluding carboxylic acids is 2. The molecule has 0 saturated carbocycles. The molecule has 0 bridgehead atoms. The van der Waals surface area contributed by atoms with E-state index in [0.717, 1.165) is 19.2 Å². The lowest BCUT2D eigenvalue weighted by molar-refractivity contribution is -0.143. The van der Waals surface area contributed by atoms with Gasteiger partial charge in [-0.25, -0.2) is 4.79 Å². The normalized spacial score (nSPS) is 12.1. The summed E-state index contributed by atoms with van der Waals surface area (Å²) in [6.07, 6.45) is -4.57. The topological polar surface area (TPSA) is 79.2 Å². The van der Waals surface area contributed by atoms with Crippen molar-refractivity contribution in [1.82, 2.24) is 5.32 Å². The second-order valence-electron chi connectivity index (χ2n) is 4.32. The summed E-state index contributed by atoms with van der Waals surface area (Å²) in [5.74, 6) is -1.62. The Bertz CT molecular complexity index is 594. The van der Waals surface area contributed by atoms with Crippen LogP contribution in [-0.2, 0) is 15.7 Å². The Labute approximate surface area is 124 Å². The van der Waals surface area contributed by atoms with E-state index in [2.05, 4.69) is 10.1 Å². The van der Waals surface area contributed by atoms with Gasteiger partial charge in [0.2, 0.25) is 0 Å². The van der Waals surface area contributed by atoms with Crippen molar-refractivity contribution >= 4 is 11.9 Å². The molecule has 1 rings (SSSR count). The van der Waals surface area contributed by atoms with Gasteiger partial charge in [-0.1, -0.05) is 6.07 Å². The lowest BCUT2D eigenvalue weighted by Crippen LogP contribution is -2.41. The molecule has 0 aromatic heterocycles. The highest BCUT2D eigenvalue weighted by Crippen LogP contribution is 2.29. The molecule has 0 aliphatic rings. The first-order valence-electron chi connectivity index (χ1n) is 6.22. The second-order valence-corrected chi connectivity index (χ2v) is 4.32. The summed E-state index contributed by atoms with van der Waals surface area (Å²) in [7, 11) is 1.11. The number of hydrogen-bond donors (Lipinski definition) is 1. The molecule has 1 atom stereocenters. The third kappa shape index (κ3) is 4.77. The predicted octanol–water partition coefficient (Wildman–Crippen LogP) is 2.28. The molecule has 0 radical (unpaired) electrons. The van der Waals surface area contributed by atoms with Crippen molar-refractivity contribution < 1.29 is 27.5 Å². The molecule has 1 amide bonds. The zero-order valence-corrected chi connectivity index (χ0v) is 11.6. The number of amides is 1. The van der Waals surface area contributed by atoms with E-state index in [-0.39, 0.29) is 18.4 Å². The Hall–Kier alpha value is -2.56. The minimum absolute atomic E-state index is 0.00781. The van der Waals surface area contributed by atoms with Gasteiger partial charge in [-0.3, -0.25) is 4.79 Å². The molecule has 0 aliphatic heterocycles. The molecule has 22 heavy (non-hydrogen) atoms. The molecule has 0 spiro atoms. The first-order chi connectivity index (χ1) is 10.3. The molecule has 118 valence electrons. The van der Waals surface area contributed by atoms with Crippen molar-refractivity contribution in [3.8, 4) is 6.07 Å². The molecule has 1 aromatic rings. The van der Waals surface area contributed by atoms with Crippen molar-refractivity contribution in [3.63, 3.8) is 0 Å². The highest BCUT2D eigenvalue weighted by molar-refractivity contribution is 5.96. The van der Waals surface area contributed by atoms with Crippen molar-refractivity contribution in [2.75, 3.05) is 7.11 Å². The van der Waals surface area contributed by atoms with Crippen LogP contribution in [0.15, 0.2) is 24.3 Å². The van der Waals surface area contributed by atoms with E-state index in [1.54, 1.807) is 0 Å². The fourth-order valence-corrected chi connectivity index (χ4v) is 1.68. The van der Waals surface area contributed by atoms with Gasteiger partial charge in [0, 0.05) is 12.0 Å². The van der Waals surface area contributed by atoms with Crippen LogP contribution in [0.5, 0.6) is 0 Å². The smallest absolute Gasteiger partial charge is 0.416 e. The molecule has 0 aliphatic carbocycles. The number of nitriles is 1. The fraction of sp³-hybridized carbons (Fsp3) is 0.357. The first-order valence-corrected chi connectivity index (χ1v) is 6.22. The molecule has 8 heteroatoms. The molecule has 0 heterocycles. The highest BCUT2D eigenvalue weighted by Gasteiger charge is 2.31. The van der Waals surface area contributed by atoms with Gasteiger partial charge in [0.25, 0.3) is 5.91 Å². The van der Waals surface area contributed by atoms with E-state index in [1.165, 1.54) is 6.07 Å². The number of methoxy groups -OCH3 is 1. The Morgan fingerprint density at radius 2 is 2.09 bits per heavy atom. The van der Waals surface area contributed by atoms with Crippen LogP contribution in [-0.4, -0.2) is 25.0 Å². The molecule has 5 nitrogen and oxygen atoms in total. The number of ether oxygens (including phenoxy) is 1. The summed E-state index contributed by atoms with van der Waals surface area (Å²) in [5, 5.41) is 10.8. The maximum absolute atomic E-state index is 12.6. The molecule has 0 saturated heterocycles. The van der Waals surface area contributed by atoms with Crippen LogP contribution in [0.3, 0.4) is 0 Å². The van der Waals surface area contributed by atoms with Gasteiger partial charge in [0.1, 0.15) is 6.04 Å². The summed E-state index contributed by atoms with van der Waals surface area (Å²) in [5.41, 5.74) is -1.20. The van der Waals surface area contributed by atoms with Crippen molar-refractivity contribution in [3.05, 3.63) is 35.4 Å². The molecule has 0 fully saturated rings. The largest absolute Gasteiger partial charge is 0.467 e. The number of nitrogens with one attached hydrogen (secondary N) is 1. The number of benzene rings is 1. The molecule has 1 aromatic carbocycles. The minimum atomic E-state index is -4.57. The van der Waals surface area contributed by atoms with E-state index in [9.17, 15) is 22.8 Å². The summed E-state index contributed by atoms with van der Waals surface area (Å²) in [4.78, 5) is 23.4. The molecule has 1 N–H and O–H groups in total. The lowest BCUT2D eigenvalue weighted by atomic mass is 10.1. The maximum atomic E-state index is 12.6. The molecule has 0 unspecified atom stereocenters. The third-order valence-electron chi connectivity index (χ3n) is 2.79. The standard InChI is InChI=1S/C14H13F3N2O3/c1-22-13(21)11(6-3-7-18)19-12(20)9-4-2-5-10(8-9)14(15,16)17/h2,4-5,8,11H,3,6H2,1H3,(H,19,20)/t11-/m1/s1. The number of rotatable bonds is 5. The average Bonchev–Trinajstić information content (AvgIpc) is 2.49. The van der Waals surface area contributed by atoms with Gasteiger partial charge in [-0.2, -0.15) is 18.4 Å². The van der Waals surface area contributed by atoms with Gasteiger partial charge in [-0.05, 0) is 24.6 Å². The quantitative estimate of drug-likeness (QED) is 0.846. The summed E-state index contributed by atoms with van der Waals surface area (Å²) < 4.78 is 42.3. The summed E-state index contributed by atoms with van der Waals surface area (Å²) >= 11 is 0. The Morgan fingerprint density at radius 3 is 2.64 bits per heavy atom. The van der Waals surface area contributed by atoms with Crippen molar-refractivity contribution in [1.29, 1.82) is 5.26 Å². The zero-order chi connectivity index (χ0) is 16.8. The maximum Gasteiger partial charge on any atom is 0.416 e. The van der Waals surface area contributed by atoms with Crippen LogP contribution >= 0.6 is 0 Å². The van der Waals surface area contributed by atoms with E-state index < -0.39 is 29.7 Å². The second kappa shape index (κ2) is 7.45. The predicted molar refractivity (Wildman–Crippen MR) is 69.6 cm³/mol. The van der Waals surface area contributed by atoms with Crippen LogP contribution in [0.4, 0.5) is 13.2 Å². The van der Waals surface area contributed by atoms with Crippen molar-refractivity contribution in [2.24, 2.45) is 0 Å². The SMILES string of the molecule is COC(=O)[C@@H](CCC#N)NC(=O)c1cccc(C(F)(F)F)c1. The zero-order valence-electron chi connectivity index (χ0n) is 11.6. The summed E-state index contributed by atoms with van der Waals surface area (Å²) in [6.45, 7) is 0. The van der Waals surface area contributed by atoms with E-state index in [1.807, 2.05) is 6.07 Å². The monoisotopic (exact) mass is 314 g/mol. The van der Waals surface area contributed by atoms with Crippen LogP contribution < -0.4 is 5.32 Å². The number of carbonyl (C=O) groups is 2. The van der Waals surface area contributed by atoms with Crippen LogP contribution in [0.1, 0.15) is 28.8 Å².